The number of nitrogens with one attached hydrogen (secondary N) is 3. The second kappa shape index (κ2) is 8.45. The Balaban J connectivity index is 1.47. The van der Waals surface area contributed by atoms with Crippen molar-refractivity contribution >= 4 is 35.1 Å². The molecule has 1 aliphatic heterocycles. The molecule has 1 spiro atoms. The average molecular weight is 434 g/mol. The van der Waals surface area contributed by atoms with E-state index < -0.39 is 23.5 Å². The van der Waals surface area contributed by atoms with Crippen LogP contribution < -0.4 is 16.0 Å². The van der Waals surface area contributed by atoms with Gasteiger partial charge in [0.25, 0.3) is 11.8 Å². The first-order valence-corrected chi connectivity index (χ1v) is 10.7. The lowest BCUT2D eigenvalue weighted by Crippen LogP contribution is -2.48. The Morgan fingerprint density at radius 2 is 1.72 bits per heavy atom. The van der Waals surface area contributed by atoms with Crippen LogP contribution in [0.4, 0.5) is 16.2 Å². The van der Waals surface area contributed by atoms with Crippen molar-refractivity contribution in [3.63, 3.8) is 0 Å². The smallest absolute Gasteiger partial charge is 0.324 e. The molecular formula is C24H26N4O4. The van der Waals surface area contributed by atoms with Gasteiger partial charge < -0.3 is 16.0 Å². The van der Waals surface area contributed by atoms with Crippen molar-refractivity contribution in [3.8, 4) is 0 Å². The summed E-state index contributed by atoms with van der Waals surface area (Å²) in [7, 11) is 0. The zero-order chi connectivity index (χ0) is 22.9. The number of aryl methyl sites for hydroxylation is 1. The Labute approximate surface area is 186 Å². The second-order valence-corrected chi connectivity index (χ2v) is 8.41. The standard InChI is InChI=1S/C24H26N4O4/c1-15-10-11-18(25-21(30)17-8-4-3-5-9-17)14-19(15)26-20(29)16(2)28-22(31)24(27-23(28)32)12-6-7-13-24/h3-5,8-11,14,16H,6-7,12-13H2,1-2H3,(H,25,30)(H,26,29)(H,27,32). The van der Waals surface area contributed by atoms with Crippen molar-refractivity contribution in [2.75, 3.05) is 10.6 Å². The van der Waals surface area contributed by atoms with E-state index in [-0.39, 0.29) is 11.8 Å². The zero-order valence-corrected chi connectivity index (χ0v) is 18.1. The largest absolute Gasteiger partial charge is 0.325 e. The van der Waals surface area contributed by atoms with Crippen molar-refractivity contribution in [2.45, 2.75) is 51.1 Å². The number of benzene rings is 2. The van der Waals surface area contributed by atoms with Crippen LogP contribution in [0.25, 0.3) is 0 Å². The van der Waals surface area contributed by atoms with Crippen LogP contribution in [0.3, 0.4) is 0 Å². The number of anilines is 2. The van der Waals surface area contributed by atoms with Gasteiger partial charge in [0.05, 0.1) is 0 Å². The van der Waals surface area contributed by atoms with Gasteiger partial charge in [0, 0.05) is 16.9 Å². The highest BCUT2D eigenvalue weighted by Crippen LogP contribution is 2.36. The summed E-state index contributed by atoms with van der Waals surface area (Å²) in [4.78, 5) is 51.8. The maximum atomic E-state index is 12.9. The molecule has 8 nitrogen and oxygen atoms in total. The fourth-order valence-electron chi connectivity index (χ4n) is 4.29. The summed E-state index contributed by atoms with van der Waals surface area (Å²) >= 11 is 0. The summed E-state index contributed by atoms with van der Waals surface area (Å²) in [5, 5.41) is 8.40. The van der Waals surface area contributed by atoms with Crippen molar-refractivity contribution in [1.82, 2.24) is 10.2 Å². The summed E-state index contributed by atoms with van der Waals surface area (Å²) < 4.78 is 0. The molecule has 3 N–H and O–H groups in total. The van der Waals surface area contributed by atoms with E-state index in [9.17, 15) is 19.2 Å². The fraction of sp³-hybridized carbons (Fsp3) is 0.333. The molecule has 8 heteroatoms. The van der Waals surface area contributed by atoms with Gasteiger partial charge in [-0.25, -0.2) is 9.69 Å². The highest BCUT2D eigenvalue weighted by atomic mass is 16.2. The van der Waals surface area contributed by atoms with E-state index in [1.165, 1.54) is 6.92 Å². The van der Waals surface area contributed by atoms with Gasteiger partial charge in [-0.1, -0.05) is 37.1 Å². The predicted molar refractivity (Wildman–Crippen MR) is 120 cm³/mol. The Bertz CT molecular complexity index is 1080. The molecule has 1 aliphatic carbocycles. The first-order chi connectivity index (χ1) is 15.3. The van der Waals surface area contributed by atoms with Crippen LogP contribution in [0.1, 0.15) is 48.5 Å². The SMILES string of the molecule is Cc1ccc(NC(=O)c2ccccc2)cc1NC(=O)C(C)N1C(=O)NC2(CCCC2)C1=O. The maximum absolute atomic E-state index is 12.9. The first kappa shape index (κ1) is 21.5. The second-order valence-electron chi connectivity index (χ2n) is 8.41. The molecule has 2 fully saturated rings. The van der Waals surface area contributed by atoms with Gasteiger partial charge >= 0.3 is 6.03 Å². The normalized spacial score (nSPS) is 17.9. The van der Waals surface area contributed by atoms with Crippen LogP contribution >= 0.6 is 0 Å². The molecule has 2 aromatic carbocycles. The van der Waals surface area contributed by atoms with E-state index in [1.807, 2.05) is 13.0 Å². The van der Waals surface area contributed by atoms with Crippen LogP contribution in [0, 0.1) is 6.92 Å². The first-order valence-electron chi connectivity index (χ1n) is 10.7. The quantitative estimate of drug-likeness (QED) is 0.627. The minimum atomic E-state index is -0.968. The van der Waals surface area contributed by atoms with Gasteiger partial charge in [0.15, 0.2) is 0 Å². The van der Waals surface area contributed by atoms with Crippen LogP contribution in [-0.2, 0) is 9.59 Å². The molecule has 1 saturated heterocycles. The molecule has 5 amide bonds. The molecule has 1 unspecified atom stereocenters. The lowest BCUT2D eigenvalue weighted by atomic mass is 9.97. The average Bonchev–Trinajstić information content (AvgIpc) is 3.35. The van der Waals surface area contributed by atoms with Crippen molar-refractivity contribution in [2.24, 2.45) is 0 Å². The molecular weight excluding hydrogens is 408 g/mol. The van der Waals surface area contributed by atoms with E-state index in [0.29, 0.717) is 29.8 Å². The number of urea groups is 1. The lowest BCUT2D eigenvalue weighted by Gasteiger charge is -2.24. The van der Waals surface area contributed by atoms with E-state index in [4.69, 9.17) is 0 Å². The highest BCUT2D eigenvalue weighted by molar-refractivity contribution is 6.11. The van der Waals surface area contributed by atoms with Crippen LogP contribution in [0.2, 0.25) is 0 Å². The third-order valence-electron chi connectivity index (χ3n) is 6.21. The number of imide groups is 1. The van der Waals surface area contributed by atoms with Gasteiger partial charge in [0.1, 0.15) is 11.6 Å². The maximum Gasteiger partial charge on any atom is 0.325 e. The summed E-state index contributed by atoms with van der Waals surface area (Å²) in [5.74, 6) is -1.07. The van der Waals surface area contributed by atoms with Crippen molar-refractivity contribution in [3.05, 3.63) is 59.7 Å². The number of amides is 5. The molecule has 166 valence electrons. The predicted octanol–water partition coefficient (Wildman–Crippen LogP) is 3.44. The topological polar surface area (TPSA) is 108 Å². The molecule has 2 aromatic rings. The molecule has 0 aromatic heterocycles. The molecule has 32 heavy (non-hydrogen) atoms. The number of nitrogens with zero attached hydrogens (tertiary/aromatic N) is 1. The highest BCUT2D eigenvalue weighted by Gasteiger charge is 2.54. The number of rotatable bonds is 5. The fourth-order valence-corrected chi connectivity index (χ4v) is 4.29. The Morgan fingerprint density at radius 3 is 2.41 bits per heavy atom. The van der Waals surface area contributed by atoms with Gasteiger partial charge in [0.2, 0.25) is 5.91 Å². The summed E-state index contributed by atoms with van der Waals surface area (Å²) in [5.41, 5.74) is 1.46. The lowest BCUT2D eigenvalue weighted by molar-refractivity contribution is -0.136. The molecule has 1 atom stereocenters. The molecule has 1 heterocycles. The van der Waals surface area contributed by atoms with Crippen molar-refractivity contribution in [1.29, 1.82) is 0 Å². The van der Waals surface area contributed by atoms with Gasteiger partial charge in [-0.15, -0.1) is 0 Å². The van der Waals surface area contributed by atoms with E-state index >= 15 is 0 Å². The van der Waals surface area contributed by atoms with E-state index in [1.54, 1.807) is 42.5 Å². The van der Waals surface area contributed by atoms with Gasteiger partial charge in [-0.3, -0.25) is 14.4 Å². The Kier molecular flexibility index (Phi) is 5.69. The Morgan fingerprint density at radius 1 is 1.03 bits per heavy atom. The molecule has 0 bridgehead atoms. The van der Waals surface area contributed by atoms with E-state index in [0.717, 1.165) is 23.3 Å². The number of hydrogen-bond donors (Lipinski definition) is 3. The van der Waals surface area contributed by atoms with Gasteiger partial charge in [-0.2, -0.15) is 0 Å². The van der Waals surface area contributed by atoms with Crippen LogP contribution in [0.15, 0.2) is 48.5 Å². The van der Waals surface area contributed by atoms with Crippen molar-refractivity contribution < 1.29 is 19.2 Å². The van der Waals surface area contributed by atoms with E-state index in [2.05, 4.69) is 16.0 Å². The molecule has 1 saturated carbocycles. The molecule has 0 radical (unpaired) electrons. The zero-order valence-electron chi connectivity index (χ0n) is 18.1. The summed E-state index contributed by atoms with van der Waals surface area (Å²) in [6, 6.07) is 12.5. The van der Waals surface area contributed by atoms with Crippen LogP contribution in [-0.4, -0.2) is 40.2 Å². The third kappa shape index (κ3) is 3.95. The summed E-state index contributed by atoms with van der Waals surface area (Å²) in [6.45, 7) is 3.36. The Hall–Kier alpha value is -3.68. The number of carbonyl (C=O) groups is 4. The monoisotopic (exact) mass is 434 g/mol. The minimum absolute atomic E-state index is 0.263. The molecule has 2 aliphatic rings. The summed E-state index contributed by atoms with van der Waals surface area (Å²) in [6.07, 6.45) is 2.96. The van der Waals surface area contributed by atoms with Crippen LogP contribution in [0.5, 0.6) is 0 Å². The number of carbonyl (C=O) groups excluding carboxylic acids is 4. The number of hydrogen-bond acceptors (Lipinski definition) is 4. The van der Waals surface area contributed by atoms with Gasteiger partial charge in [-0.05, 0) is 56.5 Å². The minimum Gasteiger partial charge on any atom is -0.324 e. The third-order valence-corrected chi connectivity index (χ3v) is 6.21. The molecule has 4 rings (SSSR count).